The number of amides is 3. The summed E-state index contributed by atoms with van der Waals surface area (Å²) in [6.45, 7) is 0.0905. The highest BCUT2D eigenvalue weighted by atomic mass is 16.5. The van der Waals surface area contributed by atoms with Gasteiger partial charge in [0.1, 0.15) is 5.75 Å². The molecule has 3 amide bonds. The number of hydrogen-bond acceptors (Lipinski definition) is 6. The molecule has 7 N–H and O–H groups in total. The first-order chi connectivity index (χ1) is 16.0. The predicted molar refractivity (Wildman–Crippen MR) is 123 cm³/mol. The van der Waals surface area contributed by atoms with Gasteiger partial charge in [-0.25, -0.2) is 4.79 Å². The fourth-order valence-corrected chi connectivity index (χ4v) is 3.26. The van der Waals surface area contributed by atoms with E-state index < -0.39 is 18.0 Å². The van der Waals surface area contributed by atoms with Crippen molar-refractivity contribution in [3.8, 4) is 16.9 Å². The third-order valence-corrected chi connectivity index (χ3v) is 4.92. The highest BCUT2D eigenvalue weighted by molar-refractivity contribution is 5.93. The Labute approximate surface area is 190 Å². The number of primary amides is 1. The van der Waals surface area contributed by atoms with Gasteiger partial charge in [0.15, 0.2) is 0 Å². The van der Waals surface area contributed by atoms with Crippen molar-refractivity contribution in [2.45, 2.75) is 18.9 Å². The Balaban J connectivity index is 1.78. The number of nitrogens with one attached hydrogen (secondary N) is 3. The van der Waals surface area contributed by atoms with Gasteiger partial charge in [-0.2, -0.15) is 5.10 Å². The van der Waals surface area contributed by atoms with Crippen molar-refractivity contribution in [1.29, 1.82) is 0 Å². The summed E-state index contributed by atoms with van der Waals surface area (Å²) in [5.74, 6) is -0.141. The van der Waals surface area contributed by atoms with Crippen LogP contribution in [0.5, 0.6) is 5.75 Å². The molecule has 0 aliphatic carbocycles. The van der Waals surface area contributed by atoms with E-state index in [1.165, 1.54) is 0 Å². The molecule has 3 aromatic rings. The zero-order valence-corrected chi connectivity index (χ0v) is 18.0. The van der Waals surface area contributed by atoms with Crippen molar-refractivity contribution in [1.82, 2.24) is 15.5 Å². The number of nitrogens with zero attached hydrogens (tertiary/aromatic N) is 1. The summed E-state index contributed by atoms with van der Waals surface area (Å²) < 4.78 is 5.77. The Kier molecular flexibility index (Phi) is 8.39. The van der Waals surface area contributed by atoms with Crippen molar-refractivity contribution < 1.29 is 24.5 Å². The summed E-state index contributed by atoms with van der Waals surface area (Å²) in [5.41, 5.74) is 8.44. The minimum absolute atomic E-state index is 0.0160. The third-order valence-electron chi connectivity index (χ3n) is 4.92. The summed E-state index contributed by atoms with van der Waals surface area (Å²) in [6, 6.07) is 10.8. The quantitative estimate of drug-likeness (QED) is 0.244. The topological polar surface area (TPSA) is 163 Å². The van der Waals surface area contributed by atoms with Crippen LogP contribution in [-0.4, -0.2) is 52.2 Å². The molecular formula is C23H27N5O5. The molecule has 0 aliphatic heterocycles. The van der Waals surface area contributed by atoms with Gasteiger partial charge in [-0.05, 0) is 41.8 Å². The van der Waals surface area contributed by atoms with Crippen LogP contribution in [0.1, 0.15) is 34.8 Å². The van der Waals surface area contributed by atoms with Gasteiger partial charge < -0.3 is 31.3 Å². The van der Waals surface area contributed by atoms with Crippen molar-refractivity contribution in [3.05, 3.63) is 66.0 Å². The summed E-state index contributed by atoms with van der Waals surface area (Å²) in [6.07, 6.45) is 4.10. The first kappa shape index (κ1) is 23.8. The van der Waals surface area contributed by atoms with E-state index in [2.05, 4.69) is 20.8 Å². The van der Waals surface area contributed by atoms with Crippen molar-refractivity contribution >= 4 is 17.6 Å². The summed E-state index contributed by atoms with van der Waals surface area (Å²) >= 11 is 0. The van der Waals surface area contributed by atoms with Crippen LogP contribution < -0.4 is 21.1 Å². The van der Waals surface area contributed by atoms with Crippen molar-refractivity contribution in [2.75, 3.05) is 25.1 Å². The molecule has 10 heteroatoms. The molecule has 0 aliphatic rings. The maximum absolute atomic E-state index is 12.8. The Morgan fingerprint density at radius 1 is 1.12 bits per heavy atom. The molecule has 174 valence electrons. The third kappa shape index (κ3) is 6.55. The summed E-state index contributed by atoms with van der Waals surface area (Å²) in [4.78, 5) is 24.3. The highest BCUT2D eigenvalue weighted by Gasteiger charge is 2.17. The van der Waals surface area contributed by atoms with Crippen LogP contribution in [0.4, 0.5) is 10.5 Å². The van der Waals surface area contributed by atoms with E-state index in [4.69, 9.17) is 15.6 Å². The molecule has 0 bridgehead atoms. The largest absolute Gasteiger partial charge is 0.491 e. The highest BCUT2D eigenvalue weighted by Crippen LogP contribution is 2.31. The van der Waals surface area contributed by atoms with Gasteiger partial charge in [-0.3, -0.25) is 9.89 Å². The minimum atomic E-state index is -0.577. The maximum Gasteiger partial charge on any atom is 0.319 e. The molecule has 1 heterocycles. The smallest absolute Gasteiger partial charge is 0.319 e. The maximum atomic E-state index is 12.8. The van der Waals surface area contributed by atoms with Crippen LogP contribution in [-0.2, 0) is 0 Å². The van der Waals surface area contributed by atoms with Gasteiger partial charge in [0.2, 0.25) is 5.91 Å². The molecule has 33 heavy (non-hydrogen) atoms. The number of anilines is 1. The van der Waals surface area contributed by atoms with Gasteiger partial charge in [0.05, 0.1) is 24.5 Å². The zero-order valence-electron chi connectivity index (χ0n) is 18.0. The molecule has 2 aromatic carbocycles. The molecule has 0 fully saturated rings. The van der Waals surface area contributed by atoms with E-state index in [-0.39, 0.29) is 26.2 Å². The molecular weight excluding hydrogens is 426 g/mol. The number of urea groups is 1. The standard InChI is InChI=1S/C23H27N5O5/c24-22(31)17-4-1-3-16(11-17)19(7-9-30)27-23(32)28-20-6-5-15(18-13-25-26-14-18)12-21(20)33-10-2-8-29/h1,3-6,11-14,19,29-30H,2,7-10H2,(H2,24,31)(H,25,26)(H2,27,28,32). The lowest BCUT2D eigenvalue weighted by Crippen LogP contribution is -2.33. The van der Waals surface area contributed by atoms with Crippen LogP contribution in [0.25, 0.3) is 11.1 Å². The lowest BCUT2D eigenvalue weighted by Gasteiger charge is -2.20. The van der Waals surface area contributed by atoms with E-state index in [1.54, 1.807) is 48.8 Å². The van der Waals surface area contributed by atoms with Crippen LogP contribution >= 0.6 is 0 Å². The first-order valence-corrected chi connectivity index (χ1v) is 10.5. The Hall–Kier alpha value is -3.89. The van der Waals surface area contributed by atoms with Gasteiger partial charge in [-0.1, -0.05) is 18.2 Å². The minimum Gasteiger partial charge on any atom is -0.491 e. The molecule has 0 saturated carbocycles. The number of ether oxygens (including phenoxy) is 1. The van der Waals surface area contributed by atoms with E-state index in [9.17, 15) is 14.7 Å². The number of H-pyrrole nitrogens is 1. The molecule has 1 atom stereocenters. The fourth-order valence-electron chi connectivity index (χ4n) is 3.26. The average molecular weight is 453 g/mol. The molecule has 10 nitrogen and oxygen atoms in total. The number of aliphatic hydroxyl groups excluding tert-OH is 2. The fraction of sp³-hybridized carbons (Fsp3) is 0.261. The van der Waals surface area contributed by atoms with E-state index in [0.717, 1.165) is 11.1 Å². The first-order valence-electron chi connectivity index (χ1n) is 10.5. The normalized spacial score (nSPS) is 11.6. The monoisotopic (exact) mass is 453 g/mol. The number of hydrogen-bond donors (Lipinski definition) is 6. The number of carbonyl (C=O) groups is 2. The van der Waals surface area contributed by atoms with Gasteiger partial charge in [0, 0.05) is 37.0 Å². The Bertz CT molecular complexity index is 1070. The number of benzene rings is 2. The molecule has 3 rings (SSSR count). The second kappa shape index (κ2) is 11.7. The van der Waals surface area contributed by atoms with E-state index in [0.29, 0.717) is 29.0 Å². The summed E-state index contributed by atoms with van der Waals surface area (Å²) in [7, 11) is 0. The number of aromatic amines is 1. The van der Waals surface area contributed by atoms with Crippen molar-refractivity contribution in [2.24, 2.45) is 5.73 Å². The predicted octanol–water partition coefficient (Wildman–Crippen LogP) is 2.18. The number of aliphatic hydroxyl groups is 2. The summed E-state index contributed by atoms with van der Waals surface area (Å²) in [5, 5.41) is 30.8. The molecule has 1 unspecified atom stereocenters. The number of rotatable bonds is 11. The Morgan fingerprint density at radius 3 is 2.67 bits per heavy atom. The zero-order chi connectivity index (χ0) is 23.6. The lowest BCUT2D eigenvalue weighted by atomic mass is 10.0. The second-order valence-corrected chi connectivity index (χ2v) is 7.28. The SMILES string of the molecule is NC(=O)c1cccc(C(CCO)NC(=O)Nc2ccc(-c3cn[nH]c3)cc2OCCCO)c1. The van der Waals surface area contributed by atoms with Crippen LogP contribution in [0.2, 0.25) is 0 Å². The van der Waals surface area contributed by atoms with Crippen LogP contribution in [0.3, 0.4) is 0 Å². The van der Waals surface area contributed by atoms with Gasteiger partial charge in [0.25, 0.3) is 0 Å². The Morgan fingerprint density at radius 2 is 1.97 bits per heavy atom. The van der Waals surface area contributed by atoms with Gasteiger partial charge in [-0.15, -0.1) is 0 Å². The lowest BCUT2D eigenvalue weighted by molar-refractivity contribution is 0.1000. The number of aromatic nitrogens is 2. The van der Waals surface area contributed by atoms with E-state index in [1.807, 2.05) is 6.07 Å². The number of nitrogens with two attached hydrogens (primary N) is 1. The average Bonchev–Trinajstić information content (AvgIpc) is 3.35. The van der Waals surface area contributed by atoms with Crippen LogP contribution in [0.15, 0.2) is 54.9 Å². The molecule has 0 radical (unpaired) electrons. The second-order valence-electron chi connectivity index (χ2n) is 7.28. The van der Waals surface area contributed by atoms with Crippen molar-refractivity contribution in [3.63, 3.8) is 0 Å². The van der Waals surface area contributed by atoms with Gasteiger partial charge >= 0.3 is 6.03 Å². The van der Waals surface area contributed by atoms with Crippen LogP contribution in [0, 0.1) is 0 Å². The molecule has 0 saturated heterocycles. The van der Waals surface area contributed by atoms with E-state index >= 15 is 0 Å². The molecule has 1 aromatic heterocycles. The number of carbonyl (C=O) groups excluding carboxylic acids is 2. The molecule has 0 spiro atoms.